The Labute approximate surface area is 166 Å². The van der Waals surface area contributed by atoms with E-state index < -0.39 is 5.97 Å². The van der Waals surface area contributed by atoms with Gasteiger partial charge in [0.1, 0.15) is 5.69 Å². The second kappa shape index (κ2) is 9.84. The van der Waals surface area contributed by atoms with E-state index in [0.717, 1.165) is 13.1 Å². The lowest BCUT2D eigenvalue weighted by molar-refractivity contribution is -0.134. The fourth-order valence-electron chi connectivity index (χ4n) is 3.45. The number of carbonyl (C=O) groups is 3. The number of rotatable bonds is 8. The Hall–Kier alpha value is -2.19. The van der Waals surface area contributed by atoms with Crippen LogP contribution in [-0.2, 0) is 14.3 Å². The molecule has 0 atom stereocenters. The standard InChI is InChI=1S/C20H31N3O5/c1-13(2)19(25)23(7-6-22-8-10-28-11-9-22)12-16(24)17-14(3)18(20(26)27-5)21-15(17)4/h13,21H,6-12H2,1-5H3. The average molecular weight is 393 g/mol. The minimum absolute atomic E-state index is 0.0124. The minimum Gasteiger partial charge on any atom is -0.464 e. The van der Waals surface area contributed by atoms with Gasteiger partial charge >= 0.3 is 5.97 Å². The van der Waals surface area contributed by atoms with Crippen molar-refractivity contribution in [3.05, 3.63) is 22.5 Å². The molecular weight excluding hydrogens is 362 g/mol. The highest BCUT2D eigenvalue weighted by atomic mass is 16.5. The fraction of sp³-hybridized carbons (Fsp3) is 0.650. The number of morpholine rings is 1. The van der Waals surface area contributed by atoms with Gasteiger partial charge in [0.2, 0.25) is 5.91 Å². The number of carbonyl (C=O) groups excluding carboxylic acids is 3. The van der Waals surface area contributed by atoms with Crippen LogP contribution in [0.25, 0.3) is 0 Å². The highest BCUT2D eigenvalue weighted by Crippen LogP contribution is 2.20. The van der Waals surface area contributed by atoms with Crippen LogP contribution < -0.4 is 0 Å². The van der Waals surface area contributed by atoms with Crippen LogP contribution in [0.4, 0.5) is 0 Å². The molecule has 1 fully saturated rings. The van der Waals surface area contributed by atoms with Gasteiger partial charge in [0, 0.05) is 43.4 Å². The van der Waals surface area contributed by atoms with Gasteiger partial charge in [-0.1, -0.05) is 13.8 Å². The number of ether oxygens (including phenoxy) is 2. The largest absolute Gasteiger partial charge is 0.464 e. The third-order valence-electron chi connectivity index (χ3n) is 5.04. The number of nitrogens with zero attached hydrogens (tertiary/aromatic N) is 2. The summed E-state index contributed by atoms with van der Waals surface area (Å²) in [6.45, 7) is 11.3. The third-order valence-corrected chi connectivity index (χ3v) is 5.04. The number of hydrogen-bond acceptors (Lipinski definition) is 6. The summed E-state index contributed by atoms with van der Waals surface area (Å²) in [5.41, 5.74) is 1.89. The zero-order valence-corrected chi connectivity index (χ0v) is 17.5. The summed E-state index contributed by atoms with van der Waals surface area (Å²) in [7, 11) is 1.30. The zero-order chi connectivity index (χ0) is 20.8. The maximum atomic E-state index is 13.0. The highest BCUT2D eigenvalue weighted by molar-refractivity contribution is 6.04. The maximum Gasteiger partial charge on any atom is 0.354 e. The van der Waals surface area contributed by atoms with Crippen LogP contribution in [0.1, 0.15) is 46.0 Å². The first-order valence-corrected chi connectivity index (χ1v) is 9.65. The molecule has 0 spiro atoms. The van der Waals surface area contributed by atoms with Gasteiger partial charge in [-0.05, 0) is 19.4 Å². The highest BCUT2D eigenvalue weighted by Gasteiger charge is 2.26. The quantitative estimate of drug-likeness (QED) is 0.530. The Bertz CT molecular complexity index is 720. The number of aryl methyl sites for hydroxylation is 1. The average Bonchev–Trinajstić information content (AvgIpc) is 2.98. The number of Topliss-reactive ketones (excluding diaryl/α,β-unsaturated/α-hetero) is 1. The van der Waals surface area contributed by atoms with Gasteiger partial charge in [-0.25, -0.2) is 4.79 Å². The Kier molecular flexibility index (Phi) is 7.77. The molecular formula is C20H31N3O5. The van der Waals surface area contributed by atoms with Crippen molar-refractivity contribution in [3.8, 4) is 0 Å². The van der Waals surface area contributed by atoms with Gasteiger partial charge in [-0.15, -0.1) is 0 Å². The number of ketones is 1. The van der Waals surface area contributed by atoms with Crippen LogP contribution in [0.5, 0.6) is 0 Å². The fourth-order valence-corrected chi connectivity index (χ4v) is 3.45. The molecule has 0 saturated carbocycles. The second-order valence-corrected chi connectivity index (χ2v) is 7.41. The number of H-pyrrole nitrogens is 1. The van der Waals surface area contributed by atoms with Crippen molar-refractivity contribution in [2.45, 2.75) is 27.7 Å². The third kappa shape index (κ3) is 5.20. The summed E-state index contributed by atoms with van der Waals surface area (Å²) in [5.74, 6) is -0.948. The SMILES string of the molecule is COC(=O)c1[nH]c(C)c(C(=O)CN(CCN2CCOCC2)C(=O)C(C)C)c1C. The Balaban J connectivity index is 2.14. The van der Waals surface area contributed by atoms with Gasteiger partial charge < -0.3 is 19.4 Å². The molecule has 0 aromatic carbocycles. The number of aromatic amines is 1. The predicted octanol–water partition coefficient (Wildman–Crippen LogP) is 1.42. The molecule has 156 valence electrons. The van der Waals surface area contributed by atoms with E-state index >= 15 is 0 Å². The zero-order valence-electron chi connectivity index (χ0n) is 17.5. The summed E-state index contributed by atoms with van der Waals surface area (Å²) in [6, 6.07) is 0. The number of aromatic nitrogens is 1. The van der Waals surface area contributed by atoms with E-state index in [1.807, 2.05) is 13.8 Å². The molecule has 1 aromatic heterocycles. The lowest BCUT2D eigenvalue weighted by atomic mass is 10.0. The van der Waals surface area contributed by atoms with Crippen LogP contribution in [0, 0.1) is 19.8 Å². The van der Waals surface area contributed by atoms with E-state index in [1.54, 1.807) is 18.7 Å². The Morgan fingerprint density at radius 1 is 1.21 bits per heavy atom. The van der Waals surface area contributed by atoms with Crippen LogP contribution in [0.3, 0.4) is 0 Å². The molecule has 0 aliphatic carbocycles. The number of esters is 1. The molecule has 8 nitrogen and oxygen atoms in total. The van der Waals surface area contributed by atoms with Crippen molar-refractivity contribution >= 4 is 17.7 Å². The van der Waals surface area contributed by atoms with Crippen molar-refractivity contribution in [1.29, 1.82) is 0 Å². The number of nitrogens with one attached hydrogen (secondary N) is 1. The maximum absolute atomic E-state index is 13.0. The summed E-state index contributed by atoms with van der Waals surface area (Å²) >= 11 is 0. The van der Waals surface area contributed by atoms with Crippen molar-refractivity contribution in [2.24, 2.45) is 5.92 Å². The molecule has 1 aliphatic heterocycles. The van der Waals surface area contributed by atoms with E-state index in [9.17, 15) is 14.4 Å². The Morgan fingerprint density at radius 3 is 2.43 bits per heavy atom. The smallest absolute Gasteiger partial charge is 0.354 e. The summed E-state index contributed by atoms with van der Waals surface area (Å²) in [6.07, 6.45) is 0. The van der Waals surface area contributed by atoms with E-state index in [1.165, 1.54) is 7.11 Å². The molecule has 1 aliphatic rings. The Morgan fingerprint density at radius 2 is 1.86 bits per heavy atom. The molecule has 1 aromatic rings. The van der Waals surface area contributed by atoms with E-state index in [4.69, 9.17) is 9.47 Å². The predicted molar refractivity (Wildman–Crippen MR) is 105 cm³/mol. The molecule has 1 N–H and O–H groups in total. The first kappa shape index (κ1) is 22.1. The first-order chi connectivity index (χ1) is 13.3. The van der Waals surface area contributed by atoms with Crippen LogP contribution in [-0.4, -0.2) is 85.5 Å². The minimum atomic E-state index is -0.512. The molecule has 8 heteroatoms. The van der Waals surface area contributed by atoms with E-state index in [-0.39, 0.29) is 29.8 Å². The summed E-state index contributed by atoms with van der Waals surface area (Å²) in [4.78, 5) is 44.3. The van der Waals surface area contributed by atoms with Crippen molar-refractivity contribution in [2.75, 3.05) is 53.0 Å². The topological polar surface area (TPSA) is 91.9 Å². The molecule has 0 radical (unpaired) electrons. The normalized spacial score (nSPS) is 14.9. The van der Waals surface area contributed by atoms with Crippen LogP contribution >= 0.6 is 0 Å². The van der Waals surface area contributed by atoms with Gasteiger partial charge in [-0.2, -0.15) is 0 Å². The molecule has 2 heterocycles. The molecule has 1 saturated heterocycles. The van der Waals surface area contributed by atoms with Gasteiger partial charge in [-0.3, -0.25) is 14.5 Å². The molecule has 1 amide bonds. The van der Waals surface area contributed by atoms with Crippen LogP contribution in [0.2, 0.25) is 0 Å². The number of amides is 1. The summed E-state index contributed by atoms with van der Waals surface area (Å²) < 4.78 is 10.1. The van der Waals surface area contributed by atoms with Gasteiger partial charge in [0.25, 0.3) is 0 Å². The summed E-state index contributed by atoms with van der Waals surface area (Å²) in [5, 5.41) is 0. The first-order valence-electron chi connectivity index (χ1n) is 9.65. The number of hydrogen-bond donors (Lipinski definition) is 1. The van der Waals surface area contributed by atoms with Crippen molar-refractivity contribution in [3.63, 3.8) is 0 Å². The van der Waals surface area contributed by atoms with Gasteiger partial charge in [0.15, 0.2) is 5.78 Å². The second-order valence-electron chi connectivity index (χ2n) is 7.41. The van der Waals surface area contributed by atoms with Crippen LogP contribution in [0.15, 0.2) is 0 Å². The molecule has 2 rings (SSSR count). The van der Waals surface area contributed by atoms with Crippen molar-refractivity contribution in [1.82, 2.24) is 14.8 Å². The lowest BCUT2D eigenvalue weighted by Crippen LogP contribution is -2.45. The number of methoxy groups -OCH3 is 1. The molecule has 0 bridgehead atoms. The molecule has 0 unspecified atom stereocenters. The van der Waals surface area contributed by atoms with E-state index in [0.29, 0.717) is 43.1 Å². The lowest BCUT2D eigenvalue weighted by Gasteiger charge is -2.30. The van der Waals surface area contributed by atoms with Gasteiger partial charge in [0.05, 0.1) is 26.9 Å². The monoisotopic (exact) mass is 393 g/mol. The molecule has 28 heavy (non-hydrogen) atoms. The van der Waals surface area contributed by atoms with E-state index in [2.05, 4.69) is 9.88 Å². The van der Waals surface area contributed by atoms with Crippen molar-refractivity contribution < 1.29 is 23.9 Å².